The molecule has 14 heteroatoms. The van der Waals surface area contributed by atoms with Crippen LogP contribution >= 0.6 is 0 Å². The number of carbonyl (C=O) groups excluding carboxylic acids is 3. The number of nitrogens with two attached hydrogens (primary N) is 1. The molecule has 9 nitrogen and oxygen atoms in total. The molecule has 4 aromatic rings. The lowest BCUT2D eigenvalue weighted by Gasteiger charge is -2.16. The van der Waals surface area contributed by atoms with Gasteiger partial charge >= 0.3 is 6.18 Å². The maximum absolute atomic E-state index is 14.4. The number of nitrogens with one attached hydrogen (secondary N) is 2. The van der Waals surface area contributed by atoms with E-state index in [2.05, 4.69) is 27.6 Å². The lowest BCUT2D eigenvalue weighted by Crippen LogP contribution is -2.30. The molecule has 0 spiro atoms. The van der Waals surface area contributed by atoms with E-state index in [1.807, 2.05) is 6.92 Å². The van der Waals surface area contributed by atoms with E-state index in [9.17, 15) is 36.3 Å². The van der Waals surface area contributed by atoms with E-state index in [0.29, 0.717) is 30.5 Å². The molecule has 0 aliphatic heterocycles. The van der Waals surface area contributed by atoms with Crippen LogP contribution in [0, 0.1) is 18.6 Å². The van der Waals surface area contributed by atoms with Gasteiger partial charge in [-0.3, -0.25) is 14.4 Å². The summed E-state index contributed by atoms with van der Waals surface area (Å²) in [4.78, 5) is 42.1. The zero-order valence-electron chi connectivity index (χ0n) is 31.1. The monoisotopic (exact) mass is 756 g/mol. The first kappa shape index (κ1) is 42.0. The number of nitrogens with zero attached hydrogens (tertiary/aromatic N) is 3. The lowest BCUT2D eigenvalue weighted by atomic mass is 9.96. The number of aromatic nitrogens is 3. The van der Waals surface area contributed by atoms with Gasteiger partial charge in [-0.15, -0.1) is 0 Å². The van der Waals surface area contributed by atoms with Crippen molar-refractivity contribution in [3.63, 3.8) is 0 Å². The molecule has 0 unspecified atom stereocenters. The third-order valence-electron chi connectivity index (χ3n) is 9.62. The molecule has 2 amide bonds. The largest absolute Gasteiger partial charge is 0.419 e. The van der Waals surface area contributed by atoms with Gasteiger partial charge < -0.3 is 16.4 Å². The van der Waals surface area contributed by atoms with Crippen LogP contribution in [0.5, 0.6) is 0 Å². The predicted molar refractivity (Wildman–Crippen MR) is 196 cm³/mol. The molecule has 2 heterocycles. The number of halogens is 5. The maximum atomic E-state index is 14.4. The second-order valence-corrected chi connectivity index (χ2v) is 13.6. The van der Waals surface area contributed by atoms with Crippen molar-refractivity contribution in [3.05, 3.63) is 99.0 Å². The van der Waals surface area contributed by atoms with Crippen molar-refractivity contribution in [2.24, 2.45) is 5.73 Å². The number of alkyl halides is 3. The molecule has 0 saturated heterocycles. The number of benzene rings is 2. The van der Waals surface area contributed by atoms with Crippen LogP contribution in [0.1, 0.15) is 150 Å². The van der Waals surface area contributed by atoms with Gasteiger partial charge in [0, 0.05) is 18.2 Å². The van der Waals surface area contributed by atoms with Crippen molar-refractivity contribution < 1.29 is 36.3 Å². The van der Waals surface area contributed by atoms with E-state index in [4.69, 9.17) is 5.73 Å². The van der Waals surface area contributed by atoms with Gasteiger partial charge in [-0.05, 0) is 74.0 Å². The Morgan fingerprint density at radius 3 is 2.20 bits per heavy atom. The molecule has 0 radical (unpaired) electrons. The van der Waals surface area contributed by atoms with Crippen LogP contribution in [0.15, 0.2) is 42.6 Å². The number of unbranched alkanes of at least 4 members (excludes halogenated alkanes) is 9. The van der Waals surface area contributed by atoms with Crippen LogP contribution < -0.4 is 16.4 Å². The molecule has 1 atom stereocenters. The third kappa shape index (κ3) is 10.9. The quantitative estimate of drug-likeness (QED) is 0.0596. The number of Topliss-reactive ketones (excluding diaryl/α,β-unsaturated/α-hetero) is 1. The number of rotatable bonds is 16. The summed E-state index contributed by atoms with van der Waals surface area (Å²) in [5.74, 6) is -4.00. The average molecular weight is 757 g/mol. The van der Waals surface area contributed by atoms with Gasteiger partial charge in [-0.25, -0.2) is 18.3 Å². The minimum Gasteiger partial charge on any atom is -0.347 e. The van der Waals surface area contributed by atoms with Crippen LogP contribution in [0.4, 0.5) is 22.0 Å². The molecule has 2 aromatic carbocycles. The highest BCUT2D eigenvalue weighted by molar-refractivity contribution is 5.99. The van der Waals surface area contributed by atoms with Crippen LogP contribution in [0.2, 0.25) is 0 Å². The fraction of sp³-hybridized carbons (Fsp3) is 0.475. The number of hydrogen-bond acceptors (Lipinski definition) is 6. The molecule has 0 fully saturated rings. The van der Waals surface area contributed by atoms with Gasteiger partial charge in [-0.1, -0.05) is 82.9 Å². The summed E-state index contributed by atoms with van der Waals surface area (Å²) in [6.07, 6.45) is 11.0. The Bertz CT molecular complexity index is 1920. The summed E-state index contributed by atoms with van der Waals surface area (Å²) < 4.78 is 68.1. The third-order valence-corrected chi connectivity index (χ3v) is 9.62. The summed E-state index contributed by atoms with van der Waals surface area (Å²) in [7, 11) is 0. The molecule has 2 aromatic heterocycles. The summed E-state index contributed by atoms with van der Waals surface area (Å²) in [5, 5.41) is 9.07. The first-order valence-corrected chi connectivity index (χ1v) is 18.6. The van der Waals surface area contributed by atoms with Crippen LogP contribution in [-0.2, 0) is 19.1 Å². The summed E-state index contributed by atoms with van der Waals surface area (Å²) >= 11 is 0. The minimum atomic E-state index is -4.92. The van der Waals surface area contributed by atoms with E-state index in [1.54, 1.807) is 12.1 Å². The van der Waals surface area contributed by atoms with E-state index in [-0.39, 0.29) is 22.7 Å². The van der Waals surface area contributed by atoms with Gasteiger partial charge in [0.05, 0.1) is 17.8 Å². The second-order valence-electron chi connectivity index (χ2n) is 13.6. The fourth-order valence-electron chi connectivity index (χ4n) is 6.66. The van der Waals surface area contributed by atoms with E-state index in [1.165, 1.54) is 71.1 Å². The topological polar surface area (TPSA) is 131 Å². The Morgan fingerprint density at radius 1 is 0.907 bits per heavy atom. The summed E-state index contributed by atoms with van der Waals surface area (Å²) in [6, 6.07) is 6.46. The van der Waals surface area contributed by atoms with Crippen molar-refractivity contribution in [2.75, 3.05) is 6.54 Å². The maximum Gasteiger partial charge on any atom is 0.419 e. The number of ketones is 1. The Morgan fingerprint density at radius 2 is 1.57 bits per heavy atom. The molecule has 4 N–H and O–H groups in total. The number of hydrogen-bond donors (Lipinski definition) is 3. The van der Waals surface area contributed by atoms with Crippen molar-refractivity contribution in [1.82, 2.24) is 25.2 Å². The molecule has 1 aliphatic rings. The Hall–Kier alpha value is -4.72. The fourth-order valence-corrected chi connectivity index (χ4v) is 6.66. The van der Waals surface area contributed by atoms with Crippen LogP contribution in [0.3, 0.4) is 0 Å². The Balaban J connectivity index is 0.000000428. The molecular formula is C40H49F5N6O3. The van der Waals surface area contributed by atoms with E-state index in [0.717, 1.165) is 46.1 Å². The van der Waals surface area contributed by atoms with Crippen molar-refractivity contribution in [3.8, 4) is 0 Å². The van der Waals surface area contributed by atoms with E-state index >= 15 is 0 Å². The number of fused-ring (bicyclic) bond motifs is 2. The molecular weight excluding hydrogens is 707 g/mol. The molecule has 0 bridgehead atoms. The molecule has 5 rings (SSSR count). The number of carbonyl (C=O) groups is 3. The van der Waals surface area contributed by atoms with Crippen molar-refractivity contribution in [1.29, 1.82) is 0 Å². The normalized spacial score (nSPS) is 13.7. The highest BCUT2D eigenvalue weighted by Crippen LogP contribution is 2.35. The van der Waals surface area contributed by atoms with Crippen LogP contribution in [-0.4, -0.2) is 38.7 Å². The van der Waals surface area contributed by atoms with Crippen LogP contribution in [0.25, 0.3) is 5.65 Å². The standard InChI is InChI=1S/C28H22F5N5O3.C12H27N/c1-13-16(14(2)39)4-5-18-17(13)6-8-22(18)37-27(41)24-10-23(36-25-21(30)12-35-38(24)25)26(40)34-11-15-3-7-20(29)19(9-15)28(31,32)33;1-2-3-4-5-6-7-8-9-10-11-12-13/h3-5,7,9-10,12,22H,6,8,11H2,1-2H3,(H,34,40)(H,37,41);2-13H2,1H3/t22-;/m0./s1. The first-order valence-electron chi connectivity index (χ1n) is 18.6. The van der Waals surface area contributed by atoms with Gasteiger partial charge in [0.25, 0.3) is 11.8 Å². The van der Waals surface area contributed by atoms with Gasteiger partial charge in [0.1, 0.15) is 17.2 Å². The summed E-state index contributed by atoms with van der Waals surface area (Å²) in [6.45, 7) is 6.05. The second kappa shape index (κ2) is 19.6. The highest BCUT2D eigenvalue weighted by Gasteiger charge is 2.34. The van der Waals surface area contributed by atoms with Crippen molar-refractivity contribution in [2.45, 2.75) is 117 Å². The smallest absolute Gasteiger partial charge is 0.347 e. The lowest BCUT2D eigenvalue weighted by molar-refractivity contribution is -0.140. The molecule has 292 valence electrons. The highest BCUT2D eigenvalue weighted by atomic mass is 19.4. The zero-order chi connectivity index (χ0) is 39.4. The average Bonchev–Trinajstić information content (AvgIpc) is 3.73. The minimum absolute atomic E-state index is 0.0372. The van der Waals surface area contributed by atoms with Gasteiger partial charge in [0.2, 0.25) is 0 Å². The Kier molecular flexibility index (Phi) is 15.2. The van der Waals surface area contributed by atoms with Gasteiger partial charge in [-0.2, -0.15) is 18.3 Å². The molecule has 0 saturated carbocycles. The first-order chi connectivity index (χ1) is 25.8. The Labute approximate surface area is 312 Å². The number of amides is 2. The SMILES string of the molecule is CC(=O)c1ccc2c(c1C)CC[C@@H]2NC(=O)c1cc(C(=O)NCc2ccc(F)c(C(F)(F)F)c2)nc2c(F)cnn12.CCCCCCCCCCCCN. The van der Waals surface area contributed by atoms with Gasteiger partial charge in [0.15, 0.2) is 17.2 Å². The molecule has 1 aliphatic carbocycles. The molecule has 54 heavy (non-hydrogen) atoms. The van der Waals surface area contributed by atoms with E-state index < -0.39 is 53.4 Å². The van der Waals surface area contributed by atoms with Crippen molar-refractivity contribution >= 4 is 23.2 Å². The zero-order valence-corrected chi connectivity index (χ0v) is 31.1. The summed E-state index contributed by atoms with van der Waals surface area (Å²) in [5.41, 5.74) is 6.17. The predicted octanol–water partition coefficient (Wildman–Crippen LogP) is 8.75.